The molecule has 0 saturated carbocycles. The number of hydrogen-bond acceptors (Lipinski definition) is 8. The van der Waals surface area contributed by atoms with Crippen LogP contribution in [0.1, 0.15) is 6.42 Å². The lowest BCUT2D eigenvalue weighted by atomic mass is 9.86. The van der Waals surface area contributed by atoms with Crippen LogP contribution >= 0.6 is 0 Å². The Kier molecular flexibility index (Phi) is 3.35. The molecule has 3 aliphatic rings. The van der Waals surface area contributed by atoms with E-state index in [1.807, 2.05) is 4.90 Å². The van der Waals surface area contributed by atoms with Gasteiger partial charge in [0.2, 0.25) is 0 Å². The monoisotopic (exact) mass is 305 g/mol. The lowest BCUT2D eigenvalue weighted by molar-refractivity contribution is -0.490. The molecule has 1 amide bonds. The molecule has 11 nitrogen and oxygen atoms in total. The lowest BCUT2D eigenvalue weighted by Crippen LogP contribution is -2.90. The Labute approximate surface area is 120 Å². The molecule has 0 aromatic heterocycles. The molecule has 3 fully saturated rings. The van der Waals surface area contributed by atoms with Gasteiger partial charge in [0.05, 0.1) is 12.1 Å². The number of primary amides is 1. The fraction of sp³-hybridized carbons (Fsp3) is 0.900. The highest BCUT2D eigenvalue weighted by Gasteiger charge is 2.72. The molecule has 5 atom stereocenters. The molecule has 0 bridgehead atoms. The van der Waals surface area contributed by atoms with Crippen molar-refractivity contribution in [3.8, 4) is 0 Å². The van der Waals surface area contributed by atoms with Crippen LogP contribution in [-0.4, -0.2) is 70.5 Å². The molecule has 3 saturated heterocycles. The van der Waals surface area contributed by atoms with Crippen molar-refractivity contribution >= 4 is 6.09 Å². The molecule has 3 aliphatic heterocycles. The quantitative estimate of drug-likeness (QED) is 0.231. The average Bonchev–Trinajstić information content (AvgIpc) is 2.85. The van der Waals surface area contributed by atoms with Crippen molar-refractivity contribution in [1.82, 2.24) is 20.9 Å². The Morgan fingerprint density at radius 2 is 2.14 bits per heavy atom. The summed E-state index contributed by atoms with van der Waals surface area (Å²) < 4.78 is 4.87. The van der Waals surface area contributed by atoms with Crippen LogP contribution in [0.2, 0.25) is 0 Å². The van der Waals surface area contributed by atoms with Crippen molar-refractivity contribution in [2.24, 2.45) is 5.73 Å². The summed E-state index contributed by atoms with van der Waals surface area (Å²) in [5.41, 5.74) is 11.8. The third-order valence-electron chi connectivity index (χ3n) is 4.58. The van der Waals surface area contributed by atoms with E-state index in [-0.39, 0.29) is 31.6 Å². The molecule has 11 heteroatoms. The number of nitrogens with zero attached hydrogens (tertiary/aromatic N) is 1. The fourth-order valence-electron chi connectivity index (χ4n) is 3.79. The van der Waals surface area contributed by atoms with Gasteiger partial charge in [0.15, 0.2) is 24.0 Å². The van der Waals surface area contributed by atoms with Crippen LogP contribution in [-0.2, 0) is 4.74 Å². The van der Waals surface area contributed by atoms with Crippen LogP contribution in [0.25, 0.3) is 0 Å². The summed E-state index contributed by atoms with van der Waals surface area (Å²) in [5, 5.41) is 30.4. The molecule has 13 N–H and O–H groups in total. The normalized spacial score (nSPS) is 45.1. The number of ether oxygens (including phenoxy) is 1. The maximum atomic E-state index is 10.8. The number of rotatable bonds is 2. The van der Waals surface area contributed by atoms with E-state index in [0.29, 0.717) is 6.54 Å². The molecule has 0 aromatic carbocycles. The molecule has 3 heterocycles. The van der Waals surface area contributed by atoms with Crippen LogP contribution in [0.3, 0.4) is 0 Å². The van der Waals surface area contributed by atoms with Gasteiger partial charge in [0.25, 0.3) is 0 Å². The molecule has 120 valence electrons. The fourth-order valence-corrected chi connectivity index (χ4v) is 3.79. The molecule has 1 spiro atoms. The molecule has 0 aliphatic carbocycles. The zero-order valence-corrected chi connectivity index (χ0v) is 11.6. The number of amides is 1. The van der Waals surface area contributed by atoms with Gasteiger partial charge in [-0.05, 0) is 0 Å². The summed E-state index contributed by atoms with van der Waals surface area (Å²) in [7, 11) is 0. The Morgan fingerprint density at radius 3 is 2.81 bits per heavy atom. The summed E-state index contributed by atoms with van der Waals surface area (Å²) >= 11 is 0. The topological polar surface area (TPSA) is 187 Å². The number of nitrogens with one attached hydrogen (secondary N) is 3. The van der Waals surface area contributed by atoms with Gasteiger partial charge in [0.1, 0.15) is 6.61 Å². The van der Waals surface area contributed by atoms with E-state index >= 15 is 0 Å². The van der Waals surface area contributed by atoms with E-state index in [0.717, 1.165) is 0 Å². The third kappa shape index (κ3) is 2.02. The first-order chi connectivity index (χ1) is 9.78. The zero-order chi connectivity index (χ0) is 15.4. The first-order valence-electron chi connectivity index (χ1n) is 6.87. The lowest BCUT2D eigenvalue weighted by Gasteiger charge is -2.51. The molecular formula is C10H23N7O4+2. The van der Waals surface area contributed by atoms with Gasteiger partial charge in [0, 0.05) is 13.0 Å². The summed E-state index contributed by atoms with van der Waals surface area (Å²) in [6.07, 6.45) is -1.44. The highest BCUT2D eigenvalue weighted by Crippen LogP contribution is 2.42. The largest absolute Gasteiger partial charge is 0.448 e. The van der Waals surface area contributed by atoms with E-state index < -0.39 is 23.6 Å². The smallest absolute Gasteiger partial charge is 0.404 e. The predicted octanol–water partition coefficient (Wildman–Crippen LogP) is -6.25. The molecule has 21 heavy (non-hydrogen) atoms. The number of quaternary nitrogens is 2. The Balaban J connectivity index is 1.93. The second-order valence-corrected chi connectivity index (χ2v) is 5.79. The summed E-state index contributed by atoms with van der Waals surface area (Å²) in [5.74, 6) is -1.94. The highest BCUT2D eigenvalue weighted by molar-refractivity contribution is 5.64. The number of hydrogen-bond donors (Lipinski definition) is 8. The van der Waals surface area contributed by atoms with Crippen molar-refractivity contribution in [3.63, 3.8) is 0 Å². The number of aliphatic hydroxyl groups is 2. The maximum Gasteiger partial charge on any atom is 0.404 e. The molecule has 0 aromatic rings. The van der Waals surface area contributed by atoms with Crippen molar-refractivity contribution in [2.45, 2.75) is 42.5 Å². The Bertz CT molecular complexity index is 449. The third-order valence-corrected chi connectivity index (χ3v) is 4.58. The SMILES string of the molecule is NC(=O)OCC1NC([NH3+])N2CCC(O)(O)C23NC([NH3+])NC13. The molecular weight excluding hydrogens is 282 g/mol. The second-order valence-electron chi connectivity index (χ2n) is 5.79. The summed E-state index contributed by atoms with van der Waals surface area (Å²) in [6.45, 7) is 0.467. The first kappa shape index (κ1) is 14.9. The predicted molar refractivity (Wildman–Crippen MR) is 67.1 cm³/mol. The van der Waals surface area contributed by atoms with Crippen molar-refractivity contribution in [2.75, 3.05) is 13.2 Å². The van der Waals surface area contributed by atoms with Gasteiger partial charge in [-0.2, -0.15) is 0 Å². The van der Waals surface area contributed by atoms with E-state index in [1.54, 1.807) is 0 Å². The number of carbonyl (C=O) groups is 1. The van der Waals surface area contributed by atoms with Crippen LogP contribution in [0.5, 0.6) is 0 Å². The van der Waals surface area contributed by atoms with Gasteiger partial charge in [-0.1, -0.05) is 0 Å². The van der Waals surface area contributed by atoms with E-state index in [9.17, 15) is 15.0 Å². The van der Waals surface area contributed by atoms with E-state index in [2.05, 4.69) is 27.4 Å². The van der Waals surface area contributed by atoms with Crippen LogP contribution in [0.4, 0.5) is 4.79 Å². The molecule has 0 radical (unpaired) electrons. The van der Waals surface area contributed by atoms with Crippen molar-refractivity contribution < 1.29 is 31.2 Å². The Morgan fingerprint density at radius 1 is 1.43 bits per heavy atom. The zero-order valence-electron chi connectivity index (χ0n) is 11.6. The van der Waals surface area contributed by atoms with E-state index in [4.69, 9.17) is 10.5 Å². The number of nitrogens with two attached hydrogens (primary N) is 1. The average molecular weight is 305 g/mol. The maximum absolute atomic E-state index is 10.8. The summed E-state index contributed by atoms with van der Waals surface area (Å²) in [4.78, 5) is 12.7. The van der Waals surface area contributed by atoms with Gasteiger partial charge in [-0.3, -0.25) is 0 Å². The van der Waals surface area contributed by atoms with E-state index in [1.165, 1.54) is 0 Å². The van der Waals surface area contributed by atoms with Crippen molar-refractivity contribution in [3.05, 3.63) is 0 Å². The number of carbonyl (C=O) groups excluding carboxylic acids is 1. The van der Waals surface area contributed by atoms with Gasteiger partial charge >= 0.3 is 6.09 Å². The van der Waals surface area contributed by atoms with Crippen molar-refractivity contribution in [1.29, 1.82) is 0 Å². The van der Waals surface area contributed by atoms with Gasteiger partial charge in [-0.15, -0.1) is 0 Å². The second kappa shape index (κ2) is 4.72. The van der Waals surface area contributed by atoms with Crippen LogP contribution in [0.15, 0.2) is 0 Å². The van der Waals surface area contributed by atoms with Crippen LogP contribution in [0, 0.1) is 0 Å². The Hall–Kier alpha value is -1.05. The standard InChI is InChI=1S/C10H21N7O4/c11-6-15-5-4(3-21-8(13)18)14-7(12)17-2-1-9(19,20)10(5,17)16-6/h4-7,14-16,19-20H,1-3,11-12H2,(H2,13,18)/p+2. The molecule has 3 rings (SSSR count). The van der Waals surface area contributed by atoms with Crippen LogP contribution < -0.4 is 33.2 Å². The minimum absolute atomic E-state index is 0.000903. The summed E-state index contributed by atoms with van der Waals surface area (Å²) in [6, 6.07) is -0.817. The van der Waals surface area contributed by atoms with Gasteiger partial charge < -0.3 is 32.2 Å². The van der Waals surface area contributed by atoms with Gasteiger partial charge in [-0.25, -0.2) is 25.6 Å². The first-order valence-corrected chi connectivity index (χ1v) is 6.87. The highest BCUT2D eigenvalue weighted by atomic mass is 16.5. The molecule has 5 unspecified atom stereocenters. The minimum atomic E-state index is -1.94. The minimum Gasteiger partial charge on any atom is -0.448 e.